The van der Waals surface area contributed by atoms with Crippen molar-refractivity contribution in [1.29, 1.82) is 0 Å². The van der Waals surface area contributed by atoms with Gasteiger partial charge in [0, 0.05) is 25.6 Å². The summed E-state index contributed by atoms with van der Waals surface area (Å²) in [4.78, 5) is 28.8. The monoisotopic (exact) mass is 269 g/mol. The van der Waals surface area contributed by atoms with E-state index in [2.05, 4.69) is 11.3 Å². The summed E-state index contributed by atoms with van der Waals surface area (Å²) >= 11 is 0. The maximum absolute atomic E-state index is 11.9. The molecule has 0 aromatic heterocycles. The summed E-state index contributed by atoms with van der Waals surface area (Å²) in [6.45, 7) is 5.79. The number of methoxy groups -OCH3 is 1. The van der Waals surface area contributed by atoms with E-state index >= 15 is 0 Å². The number of allylic oxidation sites excluding steroid dienone is 1. The number of ether oxygens (including phenoxy) is 2. The molecule has 1 amide bonds. The largest absolute Gasteiger partial charge is 0.466 e. The van der Waals surface area contributed by atoms with E-state index in [4.69, 9.17) is 9.57 Å². The molecule has 0 saturated carbocycles. The first-order valence-electron chi connectivity index (χ1n) is 6.12. The Bertz CT molecular complexity index is 377. The zero-order valence-corrected chi connectivity index (χ0v) is 11.3. The molecule has 1 atom stereocenters. The lowest BCUT2D eigenvalue weighted by Gasteiger charge is -2.29. The average Bonchev–Trinajstić information content (AvgIpc) is 2.43. The summed E-state index contributed by atoms with van der Waals surface area (Å²) in [5, 5.41) is 1.04. The van der Waals surface area contributed by atoms with Gasteiger partial charge in [-0.3, -0.25) is 4.79 Å². The molecule has 6 heteroatoms. The van der Waals surface area contributed by atoms with Crippen molar-refractivity contribution >= 4 is 11.9 Å². The maximum atomic E-state index is 11.9. The topological polar surface area (TPSA) is 65.1 Å². The molecule has 106 valence electrons. The number of rotatable bonds is 6. The fourth-order valence-electron chi connectivity index (χ4n) is 1.58. The van der Waals surface area contributed by atoms with Gasteiger partial charge in [0.1, 0.15) is 0 Å². The molecule has 0 N–H and O–H groups in total. The van der Waals surface area contributed by atoms with E-state index in [1.807, 2.05) is 6.92 Å². The maximum Gasteiger partial charge on any atom is 0.335 e. The van der Waals surface area contributed by atoms with E-state index in [9.17, 15) is 9.59 Å². The van der Waals surface area contributed by atoms with Crippen LogP contribution in [0.25, 0.3) is 0 Å². The van der Waals surface area contributed by atoms with Gasteiger partial charge in [0.05, 0.1) is 12.7 Å². The summed E-state index contributed by atoms with van der Waals surface area (Å²) in [7, 11) is 1.29. The summed E-state index contributed by atoms with van der Waals surface area (Å²) in [6.07, 6.45) is 3.40. The zero-order valence-electron chi connectivity index (χ0n) is 11.3. The Labute approximate surface area is 112 Å². The fourth-order valence-corrected chi connectivity index (χ4v) is 1.58. The molecule has 0 spiro atoms. The first-order valence-corrected chi connectivity index (χ1v) is 6.12. The zero-order chi connectivity index (χ0) is 14.3. The lowest BCUT2D eigenvalue weighted by molar-refractivity contribution is -0.258. The lowest BCUT2D eigenvalue weighted by atomic mass is 10.2. The molecule has 0 bridgehead atoms. The molecule has 0 radical (unpaired) electrons. The van der Waals surface area contributed by atoms with E-state index in [0.717, 1.165) is 5.06 Å². The highest BCUT2D eigenvalue weighted by Crippen LogP contribution is 2.21. The number of nitrogens with zero attached hydrogens (tertiary/aromatic N) is 1. The minimum atomic E-state index is -0.656. The molecular formula is C13H19NO5. The van der Waals surface area contributed by atoms with Crippen LogP contribution in [0, 0.1) is 0 Å². The summed E-state index contributed by atoms with van der Waals surface area (Å²) in [6, 6.07) is 0. The van der Waals surface area contributed by atoms with Gasteiger partial charge in [0.2, 0.25) is 0 Å². The molecule has 0 aromatic carbocycles. The normalized spacial score (nSPS) is 18.7. The lowest BCUT2D eigenvalue weighted by Crippen LogP contribution is -2.37. The van der Waals surface area contributed by atoms with Gasteiger partial charge in [0.15, 0.2) is 6.29 Å². The molecule has 19 heavy (non-hydrogen) atoms. The smallest absolute Gasteiger partial charge is 0.335 e. The van der Waals surface area contributed by atoms with Crippen LogP contribution in [-0.2, 0) is 23.9 Å². The third-order valence-corrected chi connectivity index (χ3v) is 2.50. The Balaban J connectivity index is 2.79. The number of hydrogen-bond acceptors (Lipinski definition) is 5. The minimum Gasteiger partial charge on any atom is -0.466 e. The van der Waals surface area contributed by atoms with E-state index in [0.29, 0.717) is 18.6 Å². The number of carbonyl (C=O) groups is 2. The van der Waals surface area contributed by atoms with Crippen LogP contribution < -0.4 is 0 Å². The van der Waals surface area contributed by atoms with Crippen LogP contribution >= 0.6 is 0 Å². The highest BCUT2D eigenvalue weighted by molar-refractivity contribution is 5.89. The van der Waals surface area contributed by atoms with Gasteiger partial charge < -0.3 is 9.47 Å². The summed E-state index contributed by atoms with van der Waals surface area (Å²) in [5.41, 5.74) is 0.346. The van der Waals surface area contributed by atoms with Crippen LogP contribution in [-0.4, -0.2) is 36.9 Å². The second-order valence-electron chi connectivity index (χ2n) is 3.89. The van der Waals surface area contributed by atoms with E-state index in [1.54, 1.807) is 6.08 Å². The van der Waals surface area contributed by atoms with E-state index in [1.165, 1.54) is 13.3 Å². The molecule has 0 saturated heterocycles. The van der Waals surface area contributed by atoms with Gasteiger partial charge in [0.25, 0.3) is 5.91 Å². The highest BCUT2D eigenvalue weighted by atomic mass is 16.8. The van der Waals surface area contributed by atoms with Crippen LogP contribution in [0.15, 0.2) is 24.4 Å². The highest BCUT2D eigenvalue weighted by Gasteiger charge is 2.28. The van der Waals surface area contributed by atoms with Crippen molar-refractivity contribution in [2.45, 2.75) is 32.5 Å². The number of hydrogen-bond donors (Lipinski definition) is 0. The SMILES string of the molecule is C=CCCC(=O)N1C=C(C(=O)OC)CC(OCC)O1. The van der Waals surface area contributed by atoms with Crippen molar-refractivity contribution in [3.8, 4) is 0 Å². The van der Waals surface area contributed by atoms with Crippen molar-refractivity contribution in [2.24, 2.45) is 0 Å². The van der Waals surface area contributed by atoms with Crippen LogP contribution in [0.3, 0.4) is 0 Å². The van der Waals surface area contributed by atoms with Gasteiger partial charge in [-0.2, -0.15) is 5.06 Å². The summed E-state index contributed by atoms with van der Waals surface area (Å²) < 4.78 is 9.96. The van der Waals surface area contributed by atoms with Crippen molar-refractivity contribution in [2.75, 3.05) is 13.7 Å². The number of hydroxylamine groups is 2. The van der Waals surface area contributed by atoms with Crippen LogP contribution in [0.2, 0.25) is 0 Å². The molecule has 1 heterocycles. The number of carbonyl (C=O) groups excluding carboxylic acids is 2. The fraction of sp³-hybridized carbons (Fsp3) is 0.538. The third-order valence-electron chi connectivity index (χ3n) is 2.50. The quantitative estimate of drug-likeness (QED) is 0.540. The molecular weight excluding hydrogens is 250 g/mol. The molecule has 0 aromatic rings. The molecule has 1 unspecified atom stereocenters. The Morgan fingerprint density at radius 1 is 1.63 bits per heavy atom. The molecule has 0 aliphatic carbocycles. The Morgan fingerprint density at radius 2 is 2.37 bits per heavy atom. The third kappa shape index (κ3) is 4.50. The van der Waals surface area contributed by atoms with Crippen molar-refractivity contribution in [3.63, 3.8) is 0 Å². The molecule has 6 nitrogen and oxygen atoms in total. The van der Waals surface area contributed by atoms with Crippen molar-refractivity contribution < 1.29 is 23.9 Å². The number of esters is 1. The Morgan fingerprint density at radius 3 is 2.95 bits per heavy atom. The second-order valence-corrected chi connectivity index (χ2v) is 3.89. The van der Waals surface area contributed by atoms with Gasteiger partial charge in [-0.15, -0.1) is 6.58 Å². The Hall–Kier alpha value is -1.66. The summed E-state index contributed by atoms with van der Waals surface area (Å²) in [5.74, 6) is -0.750. The van der Waals surface area contributed by atoms with Gasteiger partial charge in [-0.1, -0.05) is 6.08 Å². The first kappa shape index (κ1) is 15.4. The van der Waals surface area contributed by atoms with Crippen molar-refractivity contribution in [3.05, 3.63) is 24.4 Å². The molecule has 0 fully saturated rings. The Kier molecular flexibility index (Phi) is 6.24. The molecule has 1 rings (SSSR count). The average molecular weight is 269 g/mol. The van der Waals surface area contributed by atoms with Gasteiger partial charge >= 0.3 is 5.97 Å². The standard InChI is InChI=1S/C13H19NO5/c1-4-6-7-11(15)14-9-10(13(16)17-3)8-12(19-14)18-5-2/h4,9,12H,1,5-8H2,2-3H3. The van der Waals surface area contributed by atoms with Gasteiger partial charge in [-0.05, 0) is 13.3 Å². The predicted molar refractivity (Wildman–Crippen MR) is 67.5 cm³/mol. The van der Waals surface area contributed by atoms with Crippen LogP contribution in [0.5, 0.6) is 0 Å². The van der Waals surface area contributed by atoms with E-state index < -0.39 is 12.3 Å². The van der Waals surface area contributed by atoms with Gasteiger partial charge in [-0.25, -0.2) is 9.63 Å². The van der Waals surface area contributed by atoms with Crippen LogP contribution in [0.4, 0.5) is 0 Å². The van der Waals surface area contributed by atoms with E-state index in [-0.39, 0.29) is 18.7 Å². The predicted octanol–water partition coefficient (Wildman–Crippen LogP) is 1.54. The minimum absolute atomic E-state index is 0.256. The first-order chi connectivity index (χ1) is 9.12. The number of amides is 1. The second kappa shape index (κ2) is 7.70. The van der Waals surface area contributed by atoms with Crippen LogP contribution in [0.1, 0.15) is 26.2 Å². The molecule has 1 aliphatic rings. The van der Waals surface area contributed by atoms with Crippen molar-refractivity contribution in [1.82, 2.24) is 5.06 Å². The molecule has 1 aliphatic heterocycles.